The number of likely N-dealkylation sites (N-methyl/N-ethyl adjacent to an activating group) is 1. The SMILES string of the molecule is Cc1cc(N(C)C2CN(c3nc(C(C)C)c(F)c(=O)[nH]3)C2)n2nc(C)cc2n1. The maximum atomic E-state index is 14.0. The predicted octanol–water partition coefficient (Wildman–Crippen LogP) is 2.02. The molecular weight excluding hydrogens is 361 g/mol. The maximum Gasteiger partial charge on any atom is 0.288 e. The van der Waals surface area contributed by atoms with Crippen molar-refractivity contribution in [3.05, 3.63) is 45.4 Å². The van der Waals surface area contributed by atoms with E-state index in [2.05, 4.69) is 25.0 Å². The minimum atomic E-state index is -0.795. The number of H-pyrrole nitrogens is 1. The van der Waals surface area contributed by atoms with E-state index in [1.807, 2.05) is 56.3 Å². The average Bonchev–Trinajstić information content (AvgIpc) is 2.95. The number of hydrogen-bond donors (Lipinski definition) is 1. The first kappa shape index (κ1) is 18.4. The van der Waals surface area contributed by atoms with Crippen molar-refractivity contribution in [2.24, 2.45) is 0 Å². The van der Waals surface area contributed by atoms with Crippen molar-refractivity contribution in [3.63, 3.8) is 0 Å². The second-order valence-electron chi connectivity index (χ2n) is 7.72. The lowest BCUT2D eigenvalue weighted by atomic mass is 10.1. The fraction of sp³-hybridized carbons (Fsp3) is 0.474. The van der Waals surface area contributed by atoms with Crippen LogP contribution in [0.3, 0.4) is 0 Å². The van der Waals surface area contributed by atoms with E-state index in [1.165, 1.54) is 0 Å². The Hall–Kier alpha value is -2.97. The van der Waals surface area contributed by atoms with Crippen LogP contribution in [0.1, 0.15) is 36.8 Å². The highest BCUT2D eigenvalue weighted by Crippen LogP contribution is 2.26. The lowest BCUT2D eigenvalue weighted by molar-refractivity contribution is 0.476. The molecule has 3 aromatic heterocycles. The van der Waals surface area contributed by atoms with Gasteiger partial charge in [-0.25, -0.2) is 9.97 Å². The molecule has 0 unspecified atom stereocenters. The molecule has 1 aliphatic rings. The van der Waals surface area contributed by atoms with Gasteiger partial charge in [-0.1, -0.05) is 13.8 Å². The number of aromatic nitrogens is 5. The summed E-state index contributed by atoms with van der Waals surface area (Å²) in [5.41, 5.74) is 2.15. The summed E-state index contributed by atoms with van der Waals surface area (Å²) in [6, 6.07) is 4.18. The van der Waals surface area contributed by atoms with Crippen LogP contribution in [-0.2, 0) is 0 Å². The van der Waals surface area contributed by atoms with Crippen molar-refractivity contribution >= 4 is 17.4 Å². The number of rotatable bonds is 4. The zero-order chi connectivity index (χ0) is 20.2. The molecule has 148 valence electrons. The van der Waals surface area contributed by atoms with E-state index < -0.39 is 11.4 Å². The van der Waals surface area contributed by atoms with Gasteiger partial charge < -0.3 is 9.80 Å². The third-order valence-corrected chi connectivity index (χ3v) is 5.15. The Balaban J connectivity index is 1.57. The number of nitrogens with one attached hydrogen (secondary N) is 1. The molecule has 0 atom stereocenters. The largest absolute Gasteiger partial charge is 0.353 e. The lowest BCUT2D eigenvalue weighted by Gasteiger charge is -2.45. The summed E-state index contributed by atoms with van der Waals surface area (Å²) < 4.78 is 15.8. The van der Waals surface area contributed by atoms with Crippen LogP contribution in [-0.4, -0.2) is 50.7 Å². The normalized spacial score (nSPS) is 14.8. The summed E-state index contributed by atoms with van der Waals surface area (Å²) in [5.74, 6) is 0.433. The van der Waals surface area contributed by atoms with Crippen LogP contribution >= 0.6 is 0 Å². The minimum Gasteiger partial charge on any atom is -0.353 e. The summed E-state index contributed by atoms with van der Waals surface area (Å²) in [5, 5.41) is 4.54. The number of aryl methyl sites for hydroxylation is 2. The first-order chi connectivity index (χ1) is 13.2. The highest BCUT2D eigenvalue weighted by Gasteiger charge is 2.33. The Morgan fingerprint density at radius 3 is 2.61 bits per heavy atom. The van der Waals surface area contributed by atoms with Crippen molar-refractivity contribution < 1.29 is 4.39 Å². The third-order valence-electron chi connectivity index (χ3n) is 5.15. The quantitative estimate of drug-likeness (QED) is 0.740. The second-order valence-corrected chi connectivity index (χ2v) is 7.72. The Labute approximate surface area is 162 Å². The molecule has 4 rings (SSSR count). The summed E-state index contributed by atoms with van der Waals surface area (Å²) in [4.78, 5) is 27.4. The minimum absolute atomic E-state index is 0.156. The molecule has 4 heterocycles. The first-order valence-electron chi connectivity index (χ1n) is 9.36. The molecule has 1 aliphatic heterocycles. The smallest absolute Gasteiger partial charge is 0.288 e. The molecule has 0 bridgehead atoms. The molecule has 1 saturated heterocycles. The van der Waals surface area contributed by atoms with Crippen LogP contribution < -0.4 is 15.4 Å². The van der Waals surface area contributed by atoms with E-state index in [4.69, 9.17) is 0 Å². The molecule has 9 heteroatoms. The van der Waals surface area contributed by atoms with Gasteiger partial charge in [0.1, 0.15) is 5.82 Å². The highest BCUT2D eigenvalue weighted by atomic mass is 19.1. The Morgan fingerprint density at radius 1 is 1.21 bits per heavy atom. The Kier molecular flexibility index (Phi) is 4.32. The monoisotopic (exact) mass is 385 g/mol. The van der Waals surface area contributed by atoms with Gasteiger partial charge in [0.25, 0.3) is 5.56 Å². The zero-order valence-corrected chi connectivity index (χ0v) is 16.7. The Morgan fingerprint density at radius 2 is 1.93 bits per heavy atom. The highest BCUT2D eigenvalue weighted by molar-refractivity contribution is 5.53. The van der Waals surface area contributed by atoms with Gasteiger partial charge in [0.15, 0.2) is 5.65 Å². The molecule has 8 nitrogen and oxygen atoms in total. The molecule has 3 aromatic rings. The summed E-state index contributed by atoms with van der Waals surface area (Å²) in [6.07, 6.45) is 0. The van der Waals surface area contributed by atoms with Gasteiger partial charge in [-0.2, -0.15) is 14.0 Å². The number of hydrogen-bond acceptors (Lipinski definition) is 6. The first-order valence-corrected chi connectivity index (χ1v) is 9.36. The van der Waals surface area contributed by atoms with Crippen LogP contribution in [0.4, 0.5) is 16.2 Å². The van der Waals surface area contributed by atoms with Gasteiger partial charge in [-0.05, 0) is 19.8 Å². The van der Waals surface area contributed by atoms with E-state index in [-0.39, 0.29) is 17.7 Å². The van der Waals surface area contributed by atoms with Crippen LogP contribution in [0.15, 0.2) is 16.9 Å². The van der Waals surface area contributed by atoms with Crippen molar-refractivity contribution in [2.75, 3.05) is 29.9 Å². The van der Waals surface area contributed by atoms with Crippen LogP contribution in [0.25, 0.3) is 5.65 Å². The third kappa shape index (κ3) is 3.00. The molecule has 0 saturated carbocycles. The number of halogens is 1. The van der Waals surface area contributed by atoms with E-state index >= 15 is 0 Å². The summed E-state index contributed by atoms with van der Waals surface area (Å²) in [6.45, 7) is 8.90. The van der Waals surface area contributed by atoms with Crippen LogP contribution in [0.2, 0.25) is 0 Å². The summed E-state index contributed by atoms with van der Waals surface area (Å²) in [7, 11) is 2.02. The fourth-order valence-electron chi connectivity index (χ4n) is 3.50. The number of fused-ring (bicyclic) bond motifs is 1. The van der Waals surface area contributed by atoms with E-state index in [1.54, 1.807) is 0 Å². The molecule has 0 aromatic carbocycles. The van der Waals surface area contributed by atoms with Crippen molar-refractivity contribution in [1.82, 2.24) is 24.6 Å². The molecule has 0 amide bonds. The molecule has 0 spiro atoms. The molecule has 1 fully saturated rings. The number of anilines is 2. The van der Waals surface area contributed by atoms with E-state index in [9.17, 15) is 9.18 Å². The average molecular weight is 385 g/mol. The number of aromatic amines is 1. The van der Waals surface area contributed by atoms with Gasteiger partial charge in [-0.3, -0.25) is 9.78 Å². The molecule has 0 radical (unpaired) electrons. The van der Waals surface area contributed by atoms with Gasteiger partial charge in [0.05, 0.1) is 17.4 Å². The molecule has 28 heavy (non-hydrogen) atoms. The molecule has 1 N–H and O–H groups in total. The predicted molar refractivity (Wildman–Crippen MR) is 106 cm³/mol. The van der Waals surface area contributed by atoms with Crippen molar-refractivity contribution in [1.29, 1.82) is 0 Å². The van der Waals surface area contributed by atoms with E-state index in [0.717, 1.165) is 22.9 Å². The standard InChI is InChI=1S/C19H24FN7O/c1-10(2)17-16(20)18(28)23-19(22-17)26-8-13(9-26)25(5)15-7-11(3)21-14-6-12(4)24-27(14)15/h6-7,10,13H,8-9H2,1-5H3,(H,22,23,28). The van der Waals surface area contributed by atoms with E-state index in [0.29, 0.717) is 19.0 Å². The molecular formula is C19H24FN7O. The van der Waals surface area contributed by atoms with Gasteiger partial charge in [0, 0.05) is 38.0 Å². The topological polar surface area (TPSA) is 82.4 Å². The summed E-state index contributed by atoms with van der Waals surface area (Å²) >= 11 is 0. The zero-order valence-electron chi connectivity index (χ0n) is 16.7. The van der Waals surface area contributed by atoms with Gasteiger partial charge in [0.2, 0.25) is 11.8 Å². The Bertz CT molecular complexity index is 1100. The van der Waals surface area contributed by atoms with Crippen molar-refractivity contribution in [3.8, 4) is 0 Å². The number of nitrogens with zero attached hydrogens (tertiary/aromatic N) is 6. The van der Waals surface area contributed by atoms with Crippen LogP contribution in [0.5, 0.6) is 0 Å². The fourth-order valence-corrected chi connectivity index (χ4v) is 3.50. The second kappa shape index (κ2) is 6.57. The molecule has 0 aliphatic carbocycles. The van der Waals surface area contributed by atoms with Gasteiger partial charge in [-0.15, -0.1) is 0 Å². The lowest BCUT2D eigenvalue weighted by Crippen LogP contribution is -2.60. The van der Waals surface area contributed by atoms with Crippen molar-refractivity contribution in [2.45, 2.75) is 39.7 Å². The van der Waals surface area contributed by atoms with Gasteiger partial charge >= 0.3 is 0 Å². The van der Waals surface area contributed by atoms with Crippen LogP contribution in [0, 0.1) is 19.7 Å². The maximum absolute atomic E-state index is 14.0.